The topological polar surface area (TPSA) is 79.5 Å². The average Bonchev–Trinajstić information content (AvgIpc) is 3.00. The highest BCUT2D eigenvalue weighted by molar-refractivity contribution is 7.98. The van der Waals surface area contributed by atoms with Crippen LogP contribution in [0.25, 0.3) is 0 Å². The SMILES string of the molecule is CSCCc1c(O)c(C(=O)CC23CC4CC(CC(C4)C2)C3)c(O)n1C(=O)C1CCCCC1. The zero-order valence-electron chi connectivity index (χ0n) is 19.3. The zero-order valence-corrected chi connectivity index (χ0v) is 20.1. The Morgan fingerprint density at radius 1 is 1.00 bits per heavy atom. The van der Waals surface area contributed by atoms with Crippen molar-refractivity contribution in [2.24, 2.45) is 29.1 Å². The van der Waals surface area contributed by atoms with Crippen molar-refractivity contribution in [1.82, 2.24) is 4.57 Å². The standard InChI is InChI=1S/C26H37NO4S/c1-32-8-7-20-23(29)22(25(31)27(20)24(30)19-5-3-2-4-6-19)21(28)15-26-12-16-9-17(13-26)11-18(10-16)14-26/h16-19,29,31H,2-15H2,1H3. The fraction of sp³-hybridized carbons (Fsp3) is 0.769. The number of hydrogen-bond donors (Lipinski definition) is 2. The van der Waals surface area contributed by atoms with Crippen LogP contribution in [-0.4, -0.2) is 38.5 Å². The molecule has 1 aromatic rings. The van der Waals surface area contributed by atoms with E-state index in [0.717, 1.165) is 74.9 Å². The third kappa shape index (κ3) is 3.91. The molecule has 1 heterocycles. The summed E-state index contributed by atoms with van der Waals surface area (Å²) in [4.78, 5) is 26.9. The number of thioether (sulfide) groups is 1. The molecule has 0 unspecified atom stereocenters. The van der Waals surface area contributed by atoms with E-state index in [4.69, 9.17) is 0 Å². The quantitative estimate of drug-likeness (QED) is 0.503. The van der Waals surface area contributed by atoms with E-state index in [1.165, 1.54) is 23.8 Å². The van der Waals surface area contributed by atoms with Gasteiger partial charge in [0.1, 0.15) is 5.56 Å². The number of aromatic hydroxyl groups is 2. The van der Waals surface area contributed by atoms with E-state index < -0.39 is 0 Å². The number of hydrogen-bond acceptors (Lipinski definition) is 5. The summed E-state index contributed by atoms with van der Waals surface area (Å²) in [6.45, 7) is 0. The van der Waals surface area contributed by atoms with Gasteiger partial charge >= 0.3 is 0 Å². The molecule has 5 aliphatic rings. The van der Waals surface area contributed by atoms with Crippen molar-refractivity contribution in [2.45, 2.75) is 83.5 Å². The van der Waals surface area contributed by atoms with Crippen LogP contribution in [0, 0.1) is 29.1 Å². The monoisotopic (exact) mass is 459 g/mol. The van der Waals surface area contributed by atoms with Crippen LogP contribution in [0.2, 0.25) is 0 Å². The summed E-state index contributed by atoms with van der Waals surface area (Å²) in [6.07, 6.45) is 14.9. The van der Waals surface area contributed by atoms with E-state index in [0.29, 0.717) is 18.5 Å². The van der Waals surface area contributed by atoms with Crippen molar-refractivity contribution in [3.63, 3.8) is 0 Å². The molecule has 5 fully saturated rings. The van der Waals surface area contributed by atoms with Crippen molar-refractivity contribution < 1.29 is 19.8 Å². The fourth-order valence-electron chi connectivity index (χ4n) is 7.99. The number of ketones is 1. The third-order valence-electron chi connectivity index (χ3n) is 8.91. The van der Waals surface area contributed by atoms with E-state index in [2.05, 4.69) is 0 Å². The summed E-state index contributed by atoms with van der Waals surface area (Å²) in [6, 6.07) is 0. The molecule has 5 aliphatic carbocycles. The maximum absolute atomic E-state index is 13.6. The van der Waals surface area contributed by atoms with Gasteiger partial charge in [0.15, 0.2) is 11.5 Å². The minimum absolute atomic E-state index is 0.000933. The van der Waals surface area contributed by atoms with E-state index >= 15 is 0 Å². The Morgan fingerprint density at radius 3 is 2.16 bits per heavy atom. The lowest BCUT2D eigenvalue weighted by Crippen LogP contribution is -2.46. The molecule has 5 nitrogen and oxygen atoms in total. The van der Waals surface area contributed by atoms with Crippen LogP contribution in [0.1, 0.15) is 97.9 Å². The van der Waals surface area contributed by atoms with Crippen molar-refractivity contribution in [1.29, 1.82) is 0 Å². The van der Waals surface area contributed by atoms with Crippen LogP contribution in [0.3, 0.4) is 0 Å². The molecule has 0 radical (unpaired) electrons. The van der Waals surface area contributed by atoms with Crippen molar-refractivity contribution >= 4 is 23.5 Å². The number of rotatable bonds is 7. The van der Waals surface area contributed by atoms with E-state index in [9.17, 15) is 19.8 Å². The number of aromatic nitrogens is 1. The lowest BCUT2D eigenvalue weighted by molar-refractivity contribution is -0.0524. The predicted octanol–water partition coefficient (Wildman–Crippen LogP) is 5.81. The summed E-state index contributed by atoms with van der Waals surface area (Å²) in [5, 5.41) is 22.2. The van der Waals surface area contributed by atoms with Crippen molar-refractivity contribution in [3.05, 3.63) is 11.3 Å². The Hall–Kier alpha value is -1.43. The molecule has 176 valence electrons. The molecule has 4 bridgehead atoms. The van der Waals surface area contributed by atoms with Crippen LogP contribution in [0.15, 0.2) is 0 Å². The molecule has 5 saturated carbocycles. The molecule has 0 saturated heterocycles. The smallest absolute Gasteiger partial charge is 0.236 e. The highest BCUT2D eigenvalue weighted by atomic mass is 32.2. The molecular weight excluding hydrogens is 422 g/mol. The first-order valence-corrected chi connectivity index (χ1v) is 14.0. The Kier molecular flexibility index (Phi) is 6.10. The molecule has 1 aromatic heterocycles. The van der Waals surface area contributed by atoms with Gasteiger partial charge in [0.25, 0.3) is 0 Å². The lowest BCUT2D eigenvalue weighted by atomic mass is 9.48. The normalized spacial score (nSPS) is 31.8. The second-order valence-electron chi connectivity index (χ2n) is 11.3. The van der Waals surface area contributed by atoms with Crippen LogP contribution in [0.5, 0.6) is 11.6 Å². The van der Waals surface area contributed by atoms with Gasteiger partial charge in [0.05, 0.1) is 5.69 Å². The minimum Gasteiger partial charge on any atom is -0.505 e. The first kappa shape index (κ1) is 22.4. The van der Waals surface area contributed by atoms with Crippen LogP contribution in [0.4, 0.5) is 0 Å². The summed E-state index contributed by atoms with van der Waals surface area (Å²) >= 11 is 1.63. The van der Waals surface area contributed by atoms with Gasteiger partial charge in [-0.25, -0.2) is 0 Å². The van der Waals surface area contributed by atoms with Crippen LogP contribution in [-0.2, 0) is 6.42 Å². The molecule has 32 heavy (non-hydrogen) atoms. The highest BCUT2D eigenvalue weighted by Gasteiger charge is 2.52. The summed E-state index contributed by atoms with van der Waals surface area (Å²) < 4.78 is 1.30. The maximum Gasteiger partial charge on any atom is 0.236 e. The Balaban J connectivity index is 1.45. The molecule has 0 aliphatic heterocycles. The Morgan fingerprint density at radius 2 is 1.59 bits per heavy atom. The number of carbonyl (C=O) groups is 2. The molecule has 0 aromatic carbocycles. The fourth-order valence-corrected chi connectivity index (χ4v) is 8.38. The van der Waals surface area contributed by atoms with Gasteiger partial charge in [-0.3, -0.25) is 14.2 Å². The first-order valence-electron chi connectivity index (χ1n) is 12.6. The Labute approximate surface area is 195 Å². The van der Waals surface area contributed by atoms with Gasteiger partial charge in [-0.2, -0.15) is 11.8 Å². The molecule has 0 amide bonds. The third-order valence-corrected chi connectivity index (χ3v) is 9.53. The summed E-state index contributed by atoms with van der Waals surface area (Å²) in [5.41, 5.74) is 0.446. The number of nitrogens with zero attached hydrogens (tertiary/aromatic N) is 1. The second kappa shape index (κ2) is 8.73. The molecule has 6 rings (SSSR count). The first-order chi connectivity index (χ1) is 15.4. The molecule has 6 heteroatoms. The van der Waals surface area contributed by atoms with Gasteiger partial charge in [0.2, 0.25) is 11.8 Å². The van der Waals surface area contributed by atoms with E-state index in [1.807, 2.05) is 6.26 Å². The molecule has 0 spiro atoms. The van der Waals surface area contributed by atoms with Gasteiger partial charge in [-0.15, -0.1) is 0 Å². The van der Waals surface area contributed by atoms with E-state index in [1.54, 1.807) is 11.8 Å². The summed E-state index contributed by atoms with van der Waals surface area (Å²) in [5.74, 6) is 2.00. The molecule has 2 N–H and O–H groups in total. The number of Topliss-reactive ketones (excluding diaryl/α,β-unsaturated/α-hetero) is 1. The van der Waals surface area contributed by atoms with Crippen molar-refractivity contribution in [2.75, 3.05) is 12.0 Å². The average molecular weight is 460 g/mol. The van der Waals surface area contributed by atoms with Gasteiger partial charge < -0.3 is 10.2 Å². The second-order valence-corrected chi connectivity index (χ2v) is 12.2. The minimum atomic E-state index is -0.316. The van der Waals surface area contributed by atoms with Gasteiger partial charge in [-0.05, 0) is 86.5 Å². The van der Waals surface area contributed by atoms with Crippen LogP contribution < -0.4 is 0 Å². The predicted molar refractivity (Wildman–Crippen MR) is 127 cm³/mol. The summed E-state index contributed by atoms with van der Waals surface area (Å²) in [7, 11) is 0. The van der Waals surface area contributed by atoms with Gasteiger partial charge in [-0.1, -0.05) is 19.3 Å². The Bertz CT molecular complexity index is 863. The molecular formula is C26H37NO4S. The lowest BCUT2D eigenvalue weighted by Gasteiger charge is -2.56. The maximum atomic E-state index is 13.6. The van der Waals surface area contributed by atoms with Crippen molar-refractivity contribution in [3.8, 4) is 11.6 Å². The zero-order chi connectivity index (χ0) is 22.5. The van der Waals surface area contributed by atoms with Gasteiger partial charge in [0, 0.05) is 18.8 Å². The largest absolute Gasteiger partial charge is 0.505 e. The van der Waals surface area contributed by atoms with E-state index in [-0.39, 0.29) is 40.2 Å². The van der Waals surface area contributed by atoms with Crippen LogP contribution >= 0.6 is 11.8 Å². The number of carbonyl (C=O) groups excluding carboxylic acids is 2. The highest BCUT2D eigenvalue weighted by Crippen LogP contribution is 2.61. The molecule has 0 atom stereocenters.